The zero-order valence-corrected chi connectivity index (χ0v) is 9.26. The van der Waals surface area contributed by atoms with Gasteiger partial charge in [-0.3, -0.25) is 10.1 Å². The average molecular weight is 259 g/mol. The SMILES string of the molecule is Cl.Cl.O=[N+]([O-])c1ccccc1.O=[P+]=O. The molecule has 78 valence electrons. The Morgan fingerprint density at radius 2 is 1.43 bits per heavy atom. The van der Waals surface area contributed by atoms with Crippen LogP contribution < -0.4 is 0 Å². The predicted molar refractivity (Wildman–Crippen MR) is 55.9 cm³/mol. The minimum absolute atomic E-state index is 0. The Balaban J connectivity index is -0.000000218. The van der Waals surface area contributed by atoms with Crippen LogP contribution in [0.1, 0.15) is 0 Å². The van der Waals surface area contributed by atoms with E-state index in [-0.39, 0.29) is 30.5 Å². The van der Waals surface area contributed by atoms with E-state index < -0.39 is 13.3 Å². The van der Waals surface area contributed by atoms with Gasteiger partial charge in [0.2, 0.25) is 0 Å². The van der Waals surface area contributed by atoms with Gasteiger partial charge in [-0.15, -0.1) is 24.8 Å². The van der Waals surface area contributed by atoms with Crippen LogP contribution in [-0.4, -0.2) is 4.92 Å². The van der Waals surface area contributed by atoms with Crippen LogP contribution in [0.25, 0.3) is 0 Å². The number of nitro benzene ring substituents is 1. The Bertz CT molecular complexity index is 289. The summed E-state index contributed by atoms with van der Waals surface area (Å²) < 4.78 is 16.7. The van der Waals surface area contributed by atoms with Crippen LogP contribution in [0.5, 0.6) is 0 Å². The van der Waals surface area contributed by atoms with Gasteiger partial charge < -0.3 is 0 Å². The third-order valence-electron chi connectivity index (χ3n) is 0.967. The van der Waals surface area contributed by atoms with E-state index in [1.165, 1.54) is 12.1 Å². The molecule has 0 aromatic heterocycles. The number of para-hydroxylation sites is 1. The Morgan fingerprint density at radius 3 is 1.64 bits per heavy atom. The van der Waals surface area contributed by atoms with Crippen molar-refractivity contribution in [1.29, 1.82) is 0 Å². The Kier molecular flexibility index (Phi) is 16.5. The molecule has 0 amide bonds. The number of halogens is 2. The number of rotatable bonds is 1. The fourth-order valence-corrected chi connectivity index (χ4v) is 0.550. The van der Waals surface area contributed by atoms with Gasteiger partial charge in [-0.2, -0.15) is 0 Å². The molecule has 0 unspecified atom stereocenters. The van der Waals surface area contributed by atoms with E-state index in [4.69, 9.17) is 9.13 Å². The van der Waals surface area contributed by atoms with Crippen molar-refractivity contribution in [3.05, 3.63) is 40.4 Å². The molecule has 0 aliphatic heterocycles. The van der Waals surface area contributed by atoms with Gasteiger partial charge in [0, 0.05) is 12.1 Å². The van der Waals surface area contributed by atoms with Crippen LogP contribution in [0.3, 0.4) is 0 Å². The standard InChI is InChI=1S/C6H5NO2.2ClH.O2P/c8-7(9)6-4-2-1-3-5-6;;;1-3-2/h1-5H;2*1H;/q;;;+1. The molecule has 0 fully saturated rings. The van der Waals surface area contributed by atoms with E-state index in [9.17, 15) is 10.1 Å². The summed E-state index contributed by atoms with van der Waals surface area (Å²) in [5.74, 6) is 0. The molecule has 1 rings (SSSR count). The summed E-state index contributed by atoms with van der Waals surface area (Å²) in [6.45, 7) is 0. The normalized spacial score (nSPS) is 6.29. The fraction of sp³-hybridized carbons (Fsp3) is 0. The molecule has 0 bridgehead atoms. The van der Waals surface area contributed by atoms with Gasteiger partial charge in [0.15, 0.2) is 0 Å². The molecule has 0 aliphatic rings. The van der Waals surface area contributed by atoms with Crippen molar-refractivity contribution in [2.24, 2.45) is 0 Å². The summed E-state index contributed by atoms with van der Waals surface area (Å²) in [5, 5.41) is 10.0. The van der Waals surface area contributed by atoms with E-state index in [0.29, 0.717) is 0 Å². The molecule has 1 aromatic carbocycles. The molecule has 14 heavy (non-hydrogen) atoms. The first-order chi connectivity index (χ1) is 5.72. The maximum absolute atomic E-state index is 10.0. The number of hydrogen-bond acceptors (Lipinski definition) is 4. The van der Waals surface area contributed by atoms with E-state index in [2.05, 4.69) is 0 Å². The summed E-state index contributed by atoms with van der Waals surface area (Å²) in [6, 6.07) is 7.93. The van der Waals surface area contributed by atoms with Gasteiger partial charge in [0.25, 0.3) is 5.69 Å². The Hall–Kier alpha value is -0.770. The molecule has 1 aromatic rings. The number of non-ortho nitro benzene ring substituents is 1. The van der Waals surface area contributed by atoms with Gasteiger partial charge in [-0.1, -0.05) is 18.2 Å². The van der Waals surface area contributed by atoms with Crippen LogP contribution in [0.4, 0.5) is 5.69 Å². The molecule has 8 heteroatoms. The first kappa shape index (κ1) is 18.9. The van der Waals surface area contributed by atoms with Crippen LogP contribution in [-0.2, 0) is 9.13 Å². The summed E-state index contributed by atoms with van der Waals surface area (Å²) in [5.41, 5.74) is 0.137. The number of nitrogens with zero attached hydrogens (tertiary/aromatic N) is 1. The second-order valence-electron chi connectivity index (χ2n) is 1.67. The predicted octanol–water partition coefficient (Wildman–Crippen LogP) is 3.06. The quantitative estimate of drug-likeness (QED) is 0.441. The molecule has 0 saturated heterocycles. The number of benzene rings is 1. The van der Waals surface area contributed by atoms with Crippen molar-refractivity contribution in [1.82, 2.24) is 0 Å². The molecular formula is C6H7Cl2NO4P+. The minimum atomic E-state index is -1.08. The van der Waals surface area contributed by atoms with Gasteiger partial charge in [-0.05, 0) is 0 Å². The van der Waals surface area contributed by atoms with Gasteiger partial charge in [0.1, 0.15) is 0 Å². The maximum atomic E-state index is 10.0. The summed E-state index contributed by atoms with van der Waals surface area (Å²) in [6.07, 6.45) is 0. The van der Waals surface area contributed by atoms with Crippen molar-refractivity contribution >= 4 is 38.8 Å². The van der Waals surface area contributed by atoms with Crippen molar-refractivity contribution in [2.45, 2.75) is 0 Å². The van der Waals surface area contributed by atoms with Crippen molar-refractivity contribution in [3.63, 3.8) is 0 Å². The molecule has 0 heterocycles. The average Bonchev–Trinajstić information content (AvgIpc) is 2.07. The first-order valence-electron chi connectivity index (χ1n) is 2.86. The van der Waals surface area contributed by atoms with Crippen LogP contribution in [0, 0.1) is 10.1 Å². The molecule has 0 spiro atoms. The second kappa shape index (κ2) is 12.2. The summed E-state index contributed by atoms with van der Waals surface area (Å²) >= 11 is 0. The third kappa shape index (κ3) is 9.32. The van der Waals surface area contributed by atoms with E-state index in [1.54, 1.807) is 18.2 Å². The molecule has 0 atom stereocenters. The van der Waals surface area contributed by atoms with Gasteiger partial charge >= 0.3 is 17.5 Å². The molecule has 0 N–H and O–H groups in total. The Labute approximate surface area is 93.7 Å². The summed E-state index contributed by atoms with van der Waals surface area (Å²) in [7, 11) is -1.08. The van der Waals surface area contributed by atoms with E-state index in [1.807, 2.05) is 0 Å². The molecule has 0 saturated carbocycles. The van der Waals surface area contributed by atoms with Crippen LogP contribution >= 0.6 is 33.2 Å². The van der Waals surface area contributed by atoms with Gasteiger partial charge in [-0.25, -0.2) is 0 Å². The van der Waals surface area contributed by atoms with E-state index >= 15 is 0 Å². The number of hydrogen-bond donors (Lipinski definition) is 0. The van der Waals surface area contributed by atoms with E-state index in [0.717, 1.165) is 0 Å². The van der Waals surface area contributed by atoms with Crippen LogP contribution in [0.15, 0.2) is 30.3 Å². The Morgan fingerprint density at radius 1 is 1.07 bits per heavy atom. The number of nitro groups is 1. The first-order valence-corrected chi connectivity index (χ1v) is 3.59. The molecule has 5 nitrogen and oxygen atoms in total. The zero-order valence-electron chi connectivity index (χ0n) is 6.73. The van der Waals surface area contributed by atoms with Crippen molar-refractivity contribution in [3.8, 4) is 0 Å². The molecule has 0 aliphatic carbocycles. The monoisotopic (exact) mass is 258 g/mol. The molecular weight excluding hydrogens is 252 g/mol. The summed E-state index contributed by atoms with van der Waals surface area (Å²) in [4.78, 5) is 9.59. The van der Waals surface area contributed by atoms with Crippen molar-refractivity contribution in [2.75, 3.05) is 0 Å². The van der Waals surface area contributed by atoms with Crippen LogP contribution in [0.2, 0.25) is 0 Å². The van der Waals surface area contributed by atoms with Gasteiger partial charge in [0.05, 0.1) is 4.92 Å². The van der Waals surface area contributed by atoms with Crippen molar-refractivity contribution < 1.29 is 14.1 Å². The zero-order chi connectivity index (χ0) is 9.40. The fourth-order valence-electron chi connectivity index (χ4n) is 0.550. The third-order valence-corrected chi connectivity index (χ3v) is 0.967. The molecule has 0 radical (unpaired) electrons. The second-order valence-corrected chi connectivity index (χ2v) is 1.82. The topological polar surface area (TPSA) is 77.3 Å².